The zero-order valence-corrected chi connectivity index (χ0v) is 14.0. The van der Waals surface area contributed by atoms with Crippen LogP contribution < -0.4 is 5.32 Å². The number of hydrogen-bond donors (Lipinski definition) is 1. The summed E-state index contributed by atoms with van der Waals surface area (Å²) in [6.45, 7) is 4.40. The van der Waals surface area contributed by atoms with Gasteiger partial charge in [-0.05, 0) is 32.9 Å². The van der Waals surface area contributed by atoms with Crippen molar-refractivity contribution < 1.29 is 14.3 Å². The number of ether oxygens (including phenoxy) is 1. The third-order valence-corrected chi connectivity index (χ3v) is 4.21. The van der Waals surface area contributed by atoms with Crippen LogP contribution >= 0.6 is 0 Å². The van der Waals surface area contributed by atoms with Gasteiger partial charge in [0.25, 0.3) is 0 Å². The van der Waals surface area contributed by atoms with Crippen molar-refractivity contribution in [3.05, 3.63) is 35.9 Å². The molecule has 5 heteroatoms. The summed E-state index contributed by atoms with van der Waals surface area (Å²) >= 11 is 0. The van der Waals surface area contributed by atoms with E-state index in [1.165, 1.54) is 0 Å². The minimum atomic E-state index is 0.0161. The van der Waals surface area contributed by atoms with E-state index >= 15 is 0 Å². The molecule has 1 aliphatic rings. The van der Waals surface area contributed by atoms with Crippen LogP contribution in [0.1, 0.15) is 30.1 Å². The predicted molar refractivity (Wildman–Crippen MR) is 89.4 cm³/mol. The first-order valence-corrected chi connectivity index (χ1v) is 8.20. The Morgan fingerprint density at radius 3 is 2.52 bits per heavy atom. The molecule has 0 spiro atoms. The molecule has 1 heterocycles. The third-order valence-electron chi connectivity index (χ3n) is 4.21. The number of piperidine rings is 1. The number of ketones is 1. The molecule has 1 saturated heterocycles. The number of nitrogens with zero attached hydrogens (tertiary/aromatic N) is 1. The second kappa shape index (κ2) is 8.79. The molecule has 0 aliphatic carbocycles. The maximum absolute atomic E-state index is 12.4. The van der Waals surface area contributed by atoms with Crippen LogP contribution in [0.4, 0.5) is 0 Å². The molecule has 0 aromatic heterocycles. The van der Waals surface area contributed by atoms with Gasteiger partial charge in [0.1, 0.15) is 0 Å². The van der Waals surface area contributed by atoms with Gasteiger partial charge < -0.3 is 10.1 Å². The fourth-order valence-electron chi connectivity index (χ4n) is 3.01. The fraction of sp³-hybridized carbons (Fsp3) is 0.556. The number of nitrogens with one attached hydrogen (secondary N) is 1. The summed E-state index contributed by atoms with van der Waals surface area (Å²) in [5, 5.41) is 2.92. The summed E-state index contributed by atoms with van der Waals surface area (Å²) < 4.78 is 5.01. The standard InChI is InChI=1S/C18H26N2O3/c1-14(13-23-2)19-17(21)12-20-10-8-16(9-11-20)18(22)15-6-4-3-5-7-15/h3-7,14,16H,8-13H2,1-2H3,(H,19,21). The maximum atomic E-state index is 12.4. The van der Waals surface area contributed by atoms with Crippen LogP contribution in [0.5, 0.6) is 0 Å². The van der Waals surface area contributed by atoms with E-state index in [0.717, 1.165) is 31.5 Å². The van der Waals surface area contributed by atoms with Gasteiger partial charge in [-0.1, -0.05) is 30.3 Å². The lowest BCUT2D eigenvalue weighted by Crippen LogP contribution is -2.45. The molecule has 0 bridgehead atoms. The second-order valence-corrected chi connectivity index (χ2v) is 6.20. The first kappa shape index (κ1) is 17.6. The lowest BCUT2D eigenvalue weighted by molar-refractivity contribution is -0.123. The van der Waals surface area contributed by atoms with E-state index in [9.17, 15) is 9.59 Å². The molecule has 1 amide bonds. The van der Waals surface area contributed by atoms with E-state index in [0.29, 0.717) is 13.2 Å². The second-order valence-electron chi connectivity index (χ2n) is 6.20. The minimum absolute atomic E-state index is 0.0161. The molecule has 0 radical (unpaired) electrons. The van der Waals surface area contributed by atoms with Gasteiger partial charge in [0.05, 0.1) is 13.2 Å². The number of Topliss-reactive ketones (excluding diaryl/α,β-unsaturated/α-hetero) is 1. The van der Waals surface area contributed by atoms with Gasteiger partial charge in [0, 0.05) is 24.6 Å². The van der Waals surface area contributed by atoms with Crippen molar-refractivity contribution >= 4 is 11.7 Å². The monoisotopic (exact) mass is 318 g/mol. The van der Waals surface area contributed by atoms with Crippen LogP contribution in [0.3, 0.4) is 0 Å². The number of methoxy groups -OCH3 is 1. The lowest BCUT2D eigenvalue weighted by Gasteiger charge is -2.31. The Morgan fingerprint density at radius 1 is 1.26 bits per heavy atom. The van der Waals surface area contributed by atoms with Gasteiger partial charge >= 0.3 is 0 Å². The van der Waals surface area contributed by atoms with E-state index in [1.54, 1.807) is 7.11 Å². The average Bonchev–Trinajstić information content (AvgIpc) is 2.56. The van der Waals surface area contributed by atoms with E-state index < -0.39 is 0 Å². The number of carbonyl (C=O) groups excluding carboxylic acids is 2. The first-order chi connectivity index (χ1) is 11.1. The van der Waals surface area contributed by atoms with Gasteiger partial charge in [-0.3, -0.25) is 14.5 Å². The molecule has 1 atom stereocenters. The summed E-state index contributed by atoms with van der Waals surface area (Å²) in [6, 6.07) is 9.48. The summed E-state index contributed by atoms with van der Waals surface area (Å²) in [5.74, 6) is 0.315. The van der Waals surface area contributed by atoms with Crippen LogP contribution in [0, 0.1) is 5.92 Å². The van der Waals surface area contributed by atoms with Crippen LogP contribution in [0.25, 0.3) is 0 Å². The molecular formula is C18H26N2O3. The first-order valence-electron chi connectivity index (χ1n) is 8.20. The average molecular weight is 318 g/mol. The minimum Gasteiger partial charge on any atom is -0.383 e. The van der Waals surface area contributed by atoms with Crippen LogP contribution in [-0.2, 0) is 9.53 Å². The Balaban J connectivity index is 1.75. The zero-order valence-electron chi connectivity index (χ0n) is 14.0. The third kappa shape index (κ3) is 5.44. The molecule has 1 aromatic carbocycles. The number of rotatable bonds is 7. The molecular weight excluding hydrogens is 292 g/mol. The molecule has 1 aromatic rings. The predicted octanol–water partition coefficient (Wildman–Crippen LogP) is 1.73. The molecule has 1 aliphatic heterocycles. The highest BCUT2D eigenvalue weighted by Gasteiger charge is 2.26. The normalized spacial score (nSPS) is 17.7. The van der Waals surface area contributed by atoms with Gasteiger partial charge in [-0.2, -0.15) is 0 Å². The Bertz CT molecular complexity index is 510. The highest BCUT2D eigenvalue weighted by atomic mass is 16.5. The number of benzene rings is 1. The van der Waals surface area contributed by atoms with Crippen molar-refractivity contribution in [2.75, 3.05) is 33.4 Å². The molecule has 5 nitrogen and oxygen atoms in total. The Labute approximate surface area is 138 Å². The van der Waals surface area contributed by atoms with Crippen molar-refractivity contribution in [2.45, 2.75) is 25.8 Å². The molecule has 126 valence electrons. The number of likely N-dealkylation sites (tertiary alicyclic amines) is 1. The highest BCUT2D eigenvalue weighted by Crippen LogP contribution is 2.21. The highest BCUT2D eigenvalue weighted by molar-refractivity contribution is 5.97. The smallest absolute Gasteiger partial charge is 0.234 e. The van der Waals surface area contributed by atoms with Crippen molar-refractivity contribution in [1.29, 1.82) is 0 Å². The van der Waals surface area contributed by atoms with E-state index in [1.807, 2.05) is 37.3 Å². The Hall–Kier alpha value is -1.72. The summed E-state index contributed by atoms with van der Waals surface area (Å²) in [5.41, 5.74) is 0.789. The summed E-state index contributed by atoms with van der Waals surface area (Å²) in [4.78, 5) is 26.5. The molecule has 1 N–H and O–H groups in total. The van der Waals surface area contributed by atoms with Crippen molar-refractivity contribution in [3.8, 4) is 0 Å². The van der Waals surface area contributed by atoms with Crippen molar-refractivity contribution in [3.63, 3.8) is 0 Å². The largest absolute Gasteiger partial charge is 0.383 e. The van der Waals surface area contributed by atoms with Gasteiger partial charge in [-0.25, -0.2) is 0 Å². The summed E-state index contributed by atoms with van der Waals surface area (Å²) in [6.07, 6.45) is 1.63. The molecule has 2 rings (SSSR count). The van der Waals surface area contributed by atoms with Gasteiger partial charge in [0.2, 0.25) is 5.91 Å². The van der Waals surface area contributed by atoms with Crippen LogP contribution in [0.15, 0.2) is 30.3 Å². The van der Waals surface area contributed by atoms with E-state index in [4.69, 9.17) is 4.74 Å². The van der Waals surface area contributed by atoms with E-state index in [2.05, 4.69) is 10.2 Å². The van der Waals surface area contributed by atoms with E-state index in [-0.39, 0.29) is 23.7 Å². The SMILES string of the molecule is COCC(C)NC(=O)CN1CCC(C(=O)c2ccccc2)CC1. The summed E-state index contributed by atoms with van der Waals surface area (Å²) in [7, 11) is 1.62. The molecule has 1 fully saturated rings. The van der Waals surface area contributed by atoms with Crippen LogP contribution in [-0.4, -0.2) is 56.0 Å². The molecule has 0 saturated carbocycles. The molecule has 23 heavy (non-hydrogen) atoms. The van der Waals surface area contributed by atoms with Gasteiger partial charge in [0.15, 0.2) is 5.78 Å². The Kier molecular flexibility index (Phi) is 6.74. The molecule has 1 unspecified atom stereocenters. The Morgan fingerprint density at radius 2 is 1.91 bits per heavy atom. The topological polar surface area (TPSA) is 58.6 Å². The number of amides is 1. The number of carbonyl (C=O) groups is 2. The van der Waals surface area contributed by atoms with Crippen molar-refractivity contribution in [1.82, 2.24) is 10.2 Å². The quantitative estimate of drug-likeness (QED) is 0.778. The van der Waals surface area contributed by atoms with Gasteiger partial charge in [-0.15, -0.1) is 0 Å². The van der Waals surface area contributed by atoms with Crippen LogP contribution in [0.2, 0.25) is 0 Å². The zero-order chi connectivity index (χ0) is 16.7. The maximum Gasteiger partial charge on any atom is 0.234 e. The fourth-order valence-corrected chi connectivity index (χ4v) is 3.01. The van der Waals surface area contributed by atoms with Crippen molar-refractivity contribution in [2.24, 2.45) is 5.92 Å². The number of hydrogen-bond acceptors (Lipinski definition) is 4. The lowest BCUT2D eigenvalue weighted by atomic mass is 9.89.